The summed E-state index contributed by atoms with van der Waals surface area (Å²) in [6, 6.07) is 0. The van der Waals surface area contributed by atoms with Crippen molar-refractivity contribution in [2.75, 3.05) is 6.61 Å². The number of aliphatic hydroxyl groups excluding tert-OH is 1. The van der Waals surface area contributed by atoms with Crippen LogP contribution in [0.2, 0.25) is 0 Å². The van der Waals surface area contributed by atoms with E-state index in [-0.39, 0.29) is 0 Å². The normalized spacial score (nSPS) is 12.5. The highest BCUT2D eigenvalue weighted by molar-refractivity contribution is 7.24. The number of rotatable bonds is 4. The molecule has 0 aliphatic carbocycles. The van der Waals surface area contributed by atoms with E-state index in [0.717, 1.165) is 0 Å². The van der Waals surface area contributed by atoms with Gasteiger partial charge < -0.3 is 10.2 Å². The van der Waals surface area contributed by atoms with E-state index in [2.05, 4.69) is 4.52 Å². The highest BCUT2D eigenvalue weighted by Crippen LogP contribution is 2.09. The fourth-order valence-electron chi connectivity index (χ4n) is 0.260. The smallest absolute Gasteiger partial charge is 0.469 e. The Morgan fingerprint density at radius 1 is 1.60 bits per heavy atom. The van der Waals surface area contributed by atoms with Gasteiger partial charge in [0.1, 0.15) is 0 Å². The number of carbonyl (C=O) groups is 1. The van der Waals surface area contributed by atoms with E-state index < -0.39 is 26.6 Å². The third kappa shape index (κ3) is 3.34. The second-order valence-electron chi connectivity index (χ2n) is 1.34. The van der Waals surface area contributed by atoms with E-state index >= 15 is 0 Å². The van der Waals surface area contributed by atoms with Crippen molar-refractivity contribution in [1.82, 2.24) is 0 Å². The fraction of sp³-hybridized carbons (Fsp3) is 0.667. The summed E-state index contributed by atoms with van der Waals surface area (Å²) < 4.78 is 23.2. The zero-order valence-corrected chi connectivity index (χ0v) is 5.65. The third-order valence-electron chi connectivity index (χ3n) is 0.655. The van der Waals surface area contributed by atoms with Crippen LogP contribution in [0.5, 0.6) is 0 Å². The predicted molar refractivity (Wildman–Crippen MR) is 27.9 cm³/mol. The molecule has 10 heavy (non-hydrogen) atoms. The molecule has 0 aromatic carbocycles. The van der Waals surface area contributed by atoms with Gasteiger partial charge in [0.2, 0.25) is 0 Å². The molecule has 0 heterocycles. The summed E-state index contributed by atoms with van der Waals surface area (Å²) in [5, 5.41) is 16.2. The van der Waals surface area contributed by atoms with E-state index in [1.807, 2.05) is 0 Å². The van der Waals surface area contributed by atoms with Crippen LogP contribution >= 0.6 is 7.91 Å². The topological polar surface area (TPSA) is 101 Å². The lowest BCUT2D eigenvalue weighted by Gasteiger charge is -2.01. The van der Waals surface area contributed by atoms with Crippen molar-refractivity contribution in [2.45, 2.75) is 6.10 Å². The Hall–Kier alpha value is -0.710. The molecule has 0 aliphatic heterocycles. The summed E-state index contributed by atoms with van der Waals surface area (Å²) in [4.78, 5) is 9.91. The van der Waals surface area contributed by atoms with E-state index in [1.54, 1.807) is 0 Å². The first kappa shape index (κ1) is 9.29. The minimum atomic E-state index is -3.22. The average Bonchev–Trinajstić information content (AvgIpc) is 1.81. The van der Waals surface area contributed by atoms with Crippen molar-refractivity contribution >= 4 is 13.9 Å². The second-order valence-corrected chi connectivity index (χ2v) is 2.00. The molecule has 1 atom stereocenters. The largest absolute Gasteiger partial charge is 0.479 e. The van der Waals surface area contributed by atoms with Gasteiger partial charge in [-0.25, -0.2) is 13.9 Å². The molecule has 0 aliphatic rings. The molecule has 58 valence electrons. The molecular weight excluding hydrogens is 163 g/mol. The quantitative estimate of drug-likeness (QED) is 0.550. The summed E-state index contributed by atoms with van der Waals surface area (Å²) in [5.41, 5.74) is 0. The molecule has 7 heteroatoms. The summed E-state index contributed by atoms with van der Waals surface area (Å²) in [6.45, 7) is -0.862. The van der Waals surface area contributed by atoms with E-state index in [9.17, 15) is 13.9 Å². The summed E-state index contributed by atoms with van der Waals surface area (Å²) in [7, 11) is -3.22. The van der Waals surface area contributed by atoms with Crippen molar-refractivity contribution < 1.29 is 28.7 Å². The van der Waals surface area contributed by atoms with Gasteiger partial charge in [-0.1, -0.05) is 0 Å². The molecule has 2 N–H and O–H groups in total. The van der Waals surface area contributed by atoms with Crippen LogP contribution in [0.4, 0.5) is 0 Å². The molecule has 1 unspecified atom stereocenters. The molecule has 6 nitrogen and oxygen atoms in total. The Kier molecular flexibility index (Phi) is 3.87. The lowest BCUT2D eigenvalue weighted by molar-refractivity contribution is -0.146. The number of carboxylic acids is 1. The van der Waals surface area contributed by atoms with Crippen LogP contribution in [-0.4, -0.2) is 28.9 Å². The zero-order valence-electron chi connectivity index (χ0n) is 4.76. The highest BCUT2D eigenvalue weighted by atomic mass is 31.1. The minimum Gasteiger partial charge on any atom is -0.479 e. The van der Waals surface area contributed by atoms with E-state index in [1.165, 1.54) is 0 Å². The van der Waals surface area contributed by atoms with Crippen LogP contribution < -0.4 is 0 Å². The first-order chi connectivity index (χ1) is 4.57. The Bertz CT molecular complexity index is 175. The number of aliphatic carboxylic acids is 1. The predicted octanol–water partition coefficient (Wildman–Crippen LogP) is -0.464. The maximum atomic E-state index is 9.91. The fourth-order valence-corrected chi connectivity index (χ4v) is 0.625. The van der Waals surface area contributed by atoms with Gasteiger partial charge in [0.15, 0.2) is 6.10 Å². The molecule has 0 amide bonds. The van der Waals surface area contributed by atoms with Crippen molar-refractivity contribution in [3.05, 3.63) is 0 Å². The molecule has 0 rings (SSSR count). The molecule has 0 saturated carbocycles. The van der Waals surface area contributed by atoms with Gasteiger partial charge in [-0.2, -0.15) is 0 Å². The molecule has 0 saturated heterocycles. The average molecular weight is 168 g/mol. The Labute approximate surface area is 56.3 Å². The van der Waals surface area contributed by atoms with Crippen LogP contribution in [0.15, 0.2) is 0 Å². The first-order valence-electron chi connectivity index (χ1n) is 2.22. The van der Waals surface area contributed by atoms with E-state index in [0.29, 0.717) is 0 Å². The van der Waals surface area contributed by atoms with E-state index in [4.69, 9.17) is 10.2 Å². The van der Waals surface area contributed by atoms with Gasteiger partial charge in [-0.15, -0.1) is 0 Å². The molecule has 0 aromatic heterocycles. The van der Waals surface area contributed by atoms with Crippen LogP contribution in [-0.2, 0) is 18.4 Å². The Morgan fingerprint density at radius 2 is 2.10 bits per heavy atom. The van der Waals surface area contributed by atoms with Crippen LogP contribution in [0.3, 0.4) is 0 Å². The first-order valence-corrected chi connectivity index (χ1v) is 3.32. The Balaban J connectivity index is 3.96. The lowest BCUT2D eigenvalue weighted by atomic mass is 10.4. The monoisotopic (exact) mass is 168 g/mol. The second kappa shape index (κ2) is 4.16. The number of hydrogen-bond donors (Lipinski definition) is 2. The summed E-state index contributed by atoms with van der Waals surface area (Å²) in [5.74, 6) is -1.51. The molecular formula is C3H5O6P. The van der Waals surface area contributed by atoms with Gasteiger partial charge in [0.25, 0.3) is 0 Å². The highest BCUT2D eigenvalue weighted by Gasteiger charge is 2.18. The van der Waals surface area contributed by atoms with Crippen molar-refractivity contribution in [3.63, 3.8) is 0 Å². The zero-order chi connectivity index (χ0) is 8.15. The third-order valence-corrected chi connectivity index (χ3v) is 1.08. The van der Waals surface area contributed by atoms with Crippen molar-refractivity contribution in [1.29, 1.82) is 0 Å². The number of carboxylic acid groups (broad SMARTS) is 1. The van der Waals surface area contributed by atoms with Crippen LogP contribution in [0.25, 0.3) is 0 Å². The van der Waals surface area contributed by atoms with Crippen molar-refractivity contribution in [2.24, 2.45) is 0 Å². The van der Waals surface area contributed by atoms with Gasteiger partial charge >= 0.3 is 13.9 Å². The number of hydrogen-bond acceptors (Lipinski definition) is 5. The van der Waals surface area contributed by atoms with Crippen LogP contribution in [0.1, 0.15) is 0 Å². The number of aliphatic hydroxyl groups is 1. The molecule has 0 bridgehead atoms. The molecule has 0 fully saturated rings. The van der Waals surface area contributed by atoms with Gasteiger partial charge in [0, 0.05) is 0 Å². The summed E-state index contributed by atoms with van der Waals surface area (Å²) in [6.07, 6.45) is -1.68. The SMILES string of the molecule is O=C(O)C(CO)OP(=O)=O. The Morgan fingerprint density at radius 3 is 2.20 bits per heavy atom. The van der Waals surface area contributed by atoms with Crippen LogP contribution in [0, 0.1) is 0 Å². The maximum Gasteiger partial charge on any atom is 0.469 e. The summed E-state index contributed by atoms with van der Waals surface area (Å²) >= 11 is 0. The standard InChI is InChI=1S/C3H5O6P/c4-1-2(3(5)6)9-10(7)8/h2,4H,1H2,(H,5,6). The molecule has 0 aromatic rings. The molecule has 0 radical (unpaired) electrons. The van der Waals surface area contributed by atoms with Gasteiger partial charge in [0.05, 0.1) is 6.61 Å². The van der Waals surface area contributed by atoms with Gasteiger partial charge in [-0.3, -0.25) is 4.52 Å². The lowest BCUT2D eigenvalue weighted by Crippen LogP contribution is -2.24. The van der Waals surface area contributed by atoms with Gasteiger partial charge in [-0.05, 0) is 0 Å². The van der Waals surface area contributed by atoms with Crippen molar-refractivity contribution in [3.8, 4) is 0 Å². The maximum absolute atomic E-state index is 9.91. The minimum absolute atomic E-state index is 0.862. The molecule has 0 spiro atoms.